The molecule has 0 aromatic carbocycles. The van der Waals surface area contributed by atoms with Crippen molar-refractivity contribution in [3.63, 3.8) is 0 Å². The molecular formula is C13H14F3NO3. The lowest BCUT2D eigenvalue weighted by molar-refractivity contribution is -0.154. The van der Waals surface area contributed by atoms with Gasteiger partial charge in [-0.2, -0.15) is 13.2 Å². The largest absolute Gasteiger partial charge is 0.478 e. The molecule has 1 aliphatic carbocycles. The number of alkyl halides is 3. The van der Waals surface area contributed by atoms with Gasteiger partial charge in [-0.05, 0) is 18.9 Å². The molecule has 2 rings (SSSR count). The molecule has 1 aromatic rings. The summed E-state index contributed by atoms with van der Waals surface area (Å²) in [5, 5.41) is 9.12. The van der Waals surface area contributed by atoms with Crippen molar-refractivity contribution < 1.29 is 27.8 Å². The Labute approximate surface area is 113 Å². The van der Waals surface area contributed by atoms with Crippen LogP contribution in [0.25, 0.3) is 0 Å². The van der Waals surface area contributed by atoms with Gasteiger partial charge in [0.25, 0.3) is 0 Å². The molecule has 1 saturated carbocycles. The first kappa shape index (κ1) is 14.6. The van der Waals surface area contributed by atoms with Crippen molar-refractivity contribution in [2.45, 2.75) is 37.8 Å². The lowest BCUT2D eigenvalue weighted by Gasteiger charge is -2.14. The summed E-state index contributed by atoms with van der Waals surface area (Å²) < 4.78 is 40.9. The summed E-state index contributed by atoms with van der Waals surface area (Å²) in [5.41, 5.74) is 0.367. The summed E-state index contributed by atoms with van der Waals surface area (Å²) in [4.78, 5) is 15.1. The monoisotopic (exact) mass is 289 g/mol. The van der Waals surface area contributed by atoms with Crippen LogP contribution in [0.4, 0.5) is 13.2 Å². The third-order valence-corrected chi connectivity index (χ3v) is 3.26. The topological polar surface area (TPSA) is 59.4 Å². The van der Waals surface area contributed by atoms with Crippen LogP contribution in [-0.2, 0) is 0 Å². The molecule has 0 radical (unpaired) electrons. The maximum absolute atomic E-state index is 12.1. The average Bonchev–Trinajstić information content (AvgIpc) is 2.88. The SMILES string of the molecule is O=C(O)c1ccc(OCC(F)(F)F)nc1C1CCCC1. The molecule has 0 spiro atoms. The molecule has 1 aliphatic rings. The summed E-state index contributed by atoms with van der Waals surface area (Å²) >= 11 is 0. The minimum Gasteiger partial charge on any atom is -0.478 e. The van der Waals surface area contributed by atoms with Crippen LogP contribution in [0.2, 0.25) is 0 Å². The second-order valence-electron chi connectivity index (χ2n) is 4.77. The van der Waals surface area contributed by atoms with Gasteiger partial charge < -0.3 is 9.84 Å². The third kappa shape index (κ3) is 3.61. The van der Waals surface area contributed by atoms with Gasteiger partial charge in [-0.25, -0.2) is 9.78 Å². The molecular weight excluding hydrogens is 275 g/mol. The summed E-state index contributed by atoms with van der Waals surface area (Å²) in [6, 6.07) is 2.42. The number of carbonyl (C=O) groups is 1. The van der Waals surface area contributed by atoms with Gasteiger partial charge in [-0.1, -0.05) is 12.8 Å². The van der Waals surface area contributed by atoms with E-state index in [1.807, 2.05) is 0 Å². The van der Waals surface area contributed by atoms with Crippen LogP contribution in [0.1, 0.15) is 47.7 Å². The predicted octanol–water partition coefficient (Wildman–Crippen LogP) is 3.38. The highest BCUT2D eigenvalue weighted by atomic mass is 19.4. The number of rotatable bonds is 4. The van der Waals surface area contributed by atoms with Crippen LogP contribution >= 0.6 is 0 Å². The van der Waals surface area contributed by atoms with Crippen LogP contribution in [0.3, 0.4) is 0 Å². The molecule has 1 N–H and O–H groups in total. The van der Waals surface area contributed by atoms with E-state index in [0.29, 0.717) is 5.69 Å². The molecule has 0 atom stereocenters. The highest BCUT2D eigenvalue weighted by Crippen LogP contribution is 2.35. The first-order valence-corrected chi connectivity index (χ1v) is 6.30. The smallest absolute Gasteiger partial charge is 0.422 e. The van der Waals surface area contributed by atoms with E-state index in [9.17, 15) is 18.0 Å². The Bertz CT molecular complexity index is 496. The number of aromatic carboxylic acids is 1. The molecule has 20 heavy (non-hydrogen) atoms. The Morgan fingerprint density at radius 3 is 2.55 bits per heavy atom. The van der Waals surface area contributed by atoms with E-state index in [2.05, 4.69) is 9.72 Å². The Kier molecular flexibility index (Phi) is 4.15. The van der Waals surface area contributed by atoms with E-state index in [4.69, 9.17) is 5.11 Å². The molecule has 0 unspecified atom stereocenters. The molecule has 0 amide bonds. The fraction of sp³-hybridized carbons (Fsp3) is 0.538. The van der Waals surface area contributed by atoms with Gasteiger partial charge in [0, 0.05) is 12.0 Å². The van der Waals surface area contributed by atoms with Gasteiger partial charge >= 0.3 is 12.1 Å². The zero-order valence-electron chi connectivity index (χ0n) is 10.6. The van der Waals surface area contributed by atoms with E-state index in [1.165, 1.54) is 6.07 Å². The first-order valence-electron chi connectivity index (χ1n) is 6.30. The maximum atomic E-state index is 12.1. The summed E-state index contributed by atoms with van der Waals surface area (Å²) in [7, 11) is 0. The van der Waals surface area contributed by atoms with Crippen molar-refractivity contribution in [3.05, 3.63) is 23.4 Å². The fourth-order valence-electron chi connectivity index (χ4n) is 2.38. The molecule has 4 nitrogen and oxygen atoms in total. The zero-order chi connectivity index (χ0) is 14.8. The number of hydrogen-bond donors (Lipinski definition) is 1. The number of ether oxygens (including phenoxy) is 1. The molecule has 110 valence electrons. The van der Waals surface area contributed by atoms with Gasteiger partial charge in [-0.15, -0.1) is 0 Å². The standard InChI is InChI=1S/C13H14F3NO3/c14-13(15,16)7-20-10-6-5-9(12(18)19)11(17-10)8-3-1-2-4-8/h5-6,8H,1-4,7H2,(H,18,19). The number of halogens is 3. The van der Waals surface area contributed by atoms with Gasteiger partial charge in [0.15, 0.2) is 6.61 Å². The van der Waals surface area contributed by atoms with Gasteiger partial charge in [0.2, 0.25) is 5.88 Å². The predicted molar refractivity (Wildman–Crippen MR) is 64.0 cm³/mol. The van der Waals surface area contributed by atoms with Crippen molar-refractivity contribution in [2.75, 3.05) is 6.61 Å². The quantitative estimate of drug-likeness (QED) is 0.923. The minimum atomic E-state index is -4.44. The van der Waals surface area contributed by atoms with Crippen molar-refractivity contribution in [3.8, 4) is 5.88 Å². The van der Waals surface area contributed by atoms with Crippen molar-refractivity contribution in [2.24, 2.45) is 0 Å². The van der Waals surface area contributed by atoms with Gasteiger partial charge in [0.1, 0.15) is 0 Å². The van der Waals surface area contributed by atoms with Crippen molar-refractivity contribution >= 4 is 5.97 Å². The third-order valence-electron chi connectivity index (χ3n) is 3.26. The number of carboxylic acids is 1. The second-order valence-corrected chi connectivity index (χ2v) is 4.77. The number of nitrogens with zero attached hydrogens (tertiary/aromatic N) is 1. The first-order chi connectivity index (χ1) is 9.37. The van der Waals surface area contributed by atoms with E-state index < -0.39 is 18.8 Å². The Morgan fingerprint density at radius 1 is 1.35 bits per heavy atom. The summed E-state index contributed by atoms with van der Waals surface area (Å²) in [5.74, 6) is -1.33. The van der Waals surface area contributed by atoms with E-state index >= 15 is 0 Å². The van der Waals surface area contributed by atoms with Gasteiger partial charge in [0.05, 0.1) is 11.3 Å². The number of aromatic nitrogens is 1. The molecule has 0 saturated heterocycles. The highest BCUT2D eigenvalue weighted by molar-refractivity contribution is 5.89. The second kappa shape index (κ2) is 5.68. The van der Waals surface area contributed by atoms with Crippen LogP contribution < -0.4 is 4.74 Å². The highest BCUT2D eigenvalue weighted by Gasteiger charge is 2.29. The Hall–Kier alpha value is -1.79. The van der Waals surface area contributed by atoms with Crippen LogP contribution in [0.5, 0.6) is 5.88 Å². The van der Waals surface area contributed by atoms with Crippen molar-refractivity contribution in [1.29, 1.82) is 0 Å². The average molecular weight is 289 g/mol. The van der Waals surface area contributed by atoms with E-state index in [-0.39, 0.29) is 17.4 Å². The van der Waals surface area contributed by atoms with Crippen molar-refractivity contribution in [1.82, 2.24) is 4.98 Å². The van der Waals surface area contributed by atoms with Crippen LogP contribution in [0, 0.1) is 0 Å². The number of carboxylic acid groups (broad SMARTS) is 1. The van der Waals surface area contributed by atoms with E-state index in [0.717, 1.165) is 31.7 Å². The summed E-state index contributed by atoms with van der Waals surface area (Å²) in [6.07, 6.45) is -0.898. The molecule has 1 aromatic heterocycles. The molecule has 0 aliphatic heterocycles. The van der Waals surface area contributed by atoms with Crippen LogP contribution in [-0.4, -0.2) is 28.8 Å². The maximum Gasteiger partial charge on any atom is 0.422 e. The normalized spacial score (nSPS) is 16.4. The Balaban J connectivity index is 2.23. The molecule has 1 heterocycles. The molecule has 1 fully saturated rings. The number of pyridine rings is 1. The lowest BCUT2D eigenvalue weighted by atomic mass is 9.98. The zero-order valence-corrected chi connectivity index (χ0v) is 10.6. The van der Waals surface area contributed by atoms with Crippen LogP contribution in [0.15, 0.2) is 12.1 Å². The summed E-state index contributed by atoms with van der Waals surface area (Å²) in [6.45, 7) is -1.43. The lowest BCUT2D eigenvalue weighted by Crippen LogP contribution is -2.20. The van der Waals surface area contributed by atoms with E-state index in [1.54, 1.807) is 0 Å². The minimum absolute atomic E-state index is 0.0180. The number of hydrogen-bond acceptors (Lipinski definition) is 3. The Morgan fingerprint density at radius 2 is 2.00 bits per heavy atom. The molecule has 0 bridgehead atoms. The molecule has 7 heteroatoms. The van der Waals surface area contributed by atoms with Gasteiger partial charge in [-0.3, -0.25) is 0 Å². The fourth-order valence-corrected chi connectivity index (χ4v) is 2.38.